The maximum Gasteiger partial charge on any atom is 0.497 e. The lowest BCUT2D eigenvalue weighted by Gasteiger charge is -2.32. The fraction of sp³-hybridized carbons (Fsp3) is 0.647. The van der Waals surface area contributed by atoms with E-state index in [4.69, 9.17) is 19.8 Å². The van der Waals surface area contributed by atoms with E-state index in [9.17, 15) is 4.39 Å². The lowest BCUT2D eigenvalue weighted by Crippen LogP contribution is -2.41. The molecule has 1 saturated carbocycles. The van der Waals surface area contributed by atoms with Crippen LogP contribution in [0.5, 0.6) is 5.75 Å². The maximum absolute atomic E-state index is 14.6. The van der Waals surface area contributed by atoms with Crippen LogP contribution >= 0.6 is 0 Å². The van der Waals surface area contributed by atoms with Gasteiger partial charge in [-0.2, -0.15) is 0 Å². The summed E-state index contributed by atoms with van der Waals surface area (Å²) in [7, 11) is -0.761. The molecule has 1 heterocycles. The highest BCUT2D eigenvalue weighted by molar-refractivity contribution is 6.62. The van der Waals surface area contributed by atoms with Crippen molar-refractivity contribution in [3.8, 4) is 5.75 Å². The molecular formula is C17H25BFNO3. The summed E-state index contributed by atoms with van der Waals surface area (Å²) >= 11 is 0. The van der Waals surface area contributed by atoms with Crippen LogP contribution in [0.3, 0.4) is 0 Å². The van der Waals surface area contributed by atoms with Gasteiger partial charge in [0.1, 0.15) is 11.6 Å². The van der Waals surface area contributed by atoms with Crippen molar-refractivity contribution < 1.29 is 18.4 Å². The van der Waals surface area contributed by atoms with Crippen LogP contribution in [0.15, 0.2) is 12.1 Å². The Morgan fingerprint density at radius 1 is 1.13 bits per heavy atom. The first-order chi connectivity index (χ1) is 10.7. The molecule has 0 radical (unpaired) electrons. The third-order valence-electron chi connectivity index (χ3n) is 5.23. The molecule has 1 aromatic rings. The largest absolute Gasteiger partial charge is 0.497 e. The standard InChI is InChI=1S/C17H25BFNO3/c1-16(2)17(3,4)23-18(22-16)12-9-14(20)15(10-13(12)19)21-11-7-5-6-8-11/h9-11H,5-8,20H2,1-4H3. The molecule has 126 valence electrons. The maximum atomic E-state index is 14.6. The minimum Gasteiger partial charge on any atom is -0.488 e. The second-order valence-corrected chi connectivity index (χ2v) is 7.52. The molecule has 0 spiro atoms. The minimum absolute atomic E-state index is 0.138. The number of anilines is 1. The summed E-state index contributed by atoms with van der Waals surface area (Å²) in [6.07, 6.45) is 4.44. The van der Waals surface area contributed by atoms with E-state index in [1.54, 1.807) is 6.07 Å². The average molecular weight is 321 g/mol. The first kappa shape index (κ1) is 16.6. The van der Waals surface area contributed by atoms with E-state index in [1.807, 2.05) is 27.7 Å². The zero-order chi connectivity index (χ0) is 16.8. The van der Waals surface area contributed by atoms with Gasteiger partial charge >= 0.3 is 7.12 Å². The Hall–Kier alpha value is -1.27. The lowest BCUT2D eigenvalue weighted by molar-refractivity contribution is 0.00578. The van der Waals surface area contributed by atoms with Gasteiger partial charge in [-0.25, -0.2) is 4.39 Å². The highest BCUT2D eigenvalue weighted by Crippen LogP contribution is 2.37. The number of benzene rings is 1. The van der Waals surface area contributed by atoms with E-state index in [1.165, 1.54) is 6.07 Å². The molecule has 0 aromatic heterocycles. The SMILES string of the molecule is CC1(C)OB(c2cc(N)c(OC3CCCC3)cc2F)OC1(C)C. The van der Waals surface area contributed by atoms with E-state index < -0.39 is 24.1 Å². The predicted molar refractivity (Wildman–Crippen MR) is 89.4 cm³/mol. The van der Waals surface area contributed by atoms with Crippen LogP contribution in [-0.4, -0.2) is 24.4 Å². The van der Waals surface area contributed by atoms with E-state index in [2.05, 4.69) is 0 Å². The molecule has 0 unspecified atom stereocenters. The van der Waals surface area contributed by atoms with Gasteiger partial charge in [0.25, 0.3) is 0 Å². The minimum atomic E-state index is -0.761. The van der Waals surface area contributed by atoms with Crippen molar-refractivity contribution >= 4 is 18.3 Å². The van der Waals surface area contributed by atoms with Crippen molar-refractivity contribution in [2.24, 2.45) is 0 Å². The summed E-state index contributed by atoms with van der Waals surface area (Å²) in [5.74, 6) is 0.000337. The molecule has 1 aliphatic carbocycles. The van der Waals surface area contributed by atoms with Crippen LogP contribution in [-0.2, 0) is 9.31 Å². The fourth-order valence-corrected chi connectivity index (χ4v) is 3.03. The van der Waals surface area contributed by atoms with E-state index >= 15 is 0 Å². The first-order valence-electron chi connectivity index (χ1n) is 8.31. The van der Waals surface area contributed by atoms with Gasteiger partial charge in [0.2, 0.25) is 0 Å². The quantitative estimate of drug-likeness (QED) is 0.687. The summed E-state index contributed by atoms with van der Waals surface area (Å²) in [6.45, 7) is 7.75. The number of halogens is 1. The smallest absolute Gasteiger partial charge is 0.488 e. The molecule has 2 aliphatic rings. The number of hydrogen-bond donors (Lipinski definition) is 1. The zero-order valence-corrected chi connectivity index (χ0v) is 14.3. The number of nitrogen functional groups attached to an aromatic ring is 1. The second-order valence-electron chi connectivity index (χ2n) is 7.52. The molecule has 6 heteroatoms. The van der Waals surface area contributed by atoms with Crippen molar-refractivity contribution in [3.05, 3.63) is 17.9 Å². The van der Waals surface area contributed by atoms with Gasteiger partial charge in [0, 0.05) is 11.5 Å². The number of ether oxygens (including phenoxy) is 1. The molecule has 3 rings (SSSR count). The van der Waals surface area contributed by atoms with Gasteiger partial charge in [-0.3, -0.25) is 0 Å². The summed E-state index contributed by atoms with van der Waals surface area (Å²) in [5, 5.41) is 0. The zero-order valence-electron chi connectivity index (χ0n) is 14.3. The molecular weight excluding hydrogens is 296 g/mol. The Morgan fingerprint density at radius 3 is 2.26 bits per heavy atom. The van der Waals surface area contributed by atoms with Crippen molar-refractivity contribution in [3.63, 3.8) is 0 Å². The molecule has 0 amide bonds. The lowest BCUT2D eigenvalue weighted by atomic mass is 9.78. The number of nitrogens with two attached hydrogens (primary N) is 1. The van der Waals surface area contributed by atoms with Crippen molar-refractivity contribution in [2.45, 2.75) is 70.7 Å². The van der Waals surface area contributed by atoms with E-state index in [0.717, 1.165) is 25.7 Å². The number of hydrogen-bond acceptors (Lipinski definition) is 4. The summed E-state index contributed by atoms with van der Waals surface area (Å²) in [6, 6.07) is 2.93. The van der Waals surface area contributed by atoms with E-state index in [-0.39, 0.29) is 6.10 Å². The molecule has 23 heavy (non-hydrogen) atoms. The Bertz CT molecular complexity index is 584. The fourth-order valence-electron chi connectivity index (χ4n) is 3.03. The third-order valence-corrected chi connectivity index (χ3v) is 5.23. The van der Waals surface area contributed by atoms with Crippen LogP contribution in [0.1, 0.15) is 53.4 Å². The Labute approximate surface area is 137 Å². The average Bonchev–Trinajstić information content (AvgIpc) is 3.00. The first-order valence-corrected chi connectivity index (χ1v) is 8.31. The topological polar surface area (TPSA) is 53.7 Å². The van der Waals surface area contributed by atoms with Crippen molar-refractivity contribution in [2.75, 3.05) is 5.73 Å². The highest BCUT2D eigenvalue weighted by Gasteiger charge is 2.52. The van der Waals surface area contributed by atoms with Gasteiger partial charge in [0.05, 0.1) is 23.0 Å². The highest BCUT2D eigenvalue weighted by atomic mass is 19.1. The monoisotopic (exact) mass is 321 g/mol. The normalized spacial score (nSPS) is 23.4. The third kappa shape index (κ3) is 3.06. The summed E-state index contributed by atoms with van der Waals surface area (Å²) in [4.78, 5) is 0. The Morgan fingerprint density at radius 2 is 1.70 bits per heavy atom. The van der Waals surface area contributed by atoms with Crippen LogP contribution in [0, 0.1) is 5.82 Å². The molecule has 1 aliphatic heterocycles. The van der Waals surface area contributed by atoms with E-state index in [0.29, 0.717) is 16.9 Å². The van der Waals surface area contributed by atoms with Crippen LogP contribution < -0.4 is 15.9 Å². The van der Waals surface area contributed by atoms with Gasteiger partial charge in [-0.1, -0.05) is 0 Å². The molecule has 0 bridgehead atoms. The summed E-state index contributed by atoms with van der Waals surface area (Å²) in [5.41, 5.74) is 5.78. The van der Waals surface area contributed by atoms with Crippen molar-refractivity contribution in [1.82, 2.24) is 0 Å². The second kappa shape index (κ2) is 5.67. The van der Waals surface area contributed by atoms with Crippen molar-refractivity contribution in [1.29, 1.82) is 0 Å². The van der Waals surface area contributed by atoms with Gasteiger partial charge in [0.15, 0.2) is 0 Å². The summed E-state index contributed by atoms with van der Waals surface area (Å²) < 4.78 is 32.2. The number of rotatable bonds is 3. The molecule has 0 atom stereocenters. The molecule has 2 fully saturated rings. The predicted octanol–water partition coefficient (Wildman–Crippen LogP) is 3.03. The Kier molecular flexibility index (Phi) is 4.09. The van der Waals surface area contributed by atoms with Crippen LogP contribution in [0.25, 0.3) is 0 Å². The molecule has 1 aromatic carbocycles. The van der Waals surface area contributed by atoms with Crippen LogP contribution in [0.2, 0.25) is 0 Å². The van der Waals surface area contributed by atoms with Gasteiger partial charge < -0.3 is 19.8 Å². The van der Waals surface area contributed by atoms with Gasteiger partial charge in [-0.05, 0) is 59.4 Å². The Balaban J connectivity index is 1.83. The molecule has 4 nitrogen and oxygen atoms in total. The van der Waals surface area contributed by atoms with Crippen LogP contribution in [0.4, 0.5) is 10.1 Å². The molecule has 2 N–H and O–H groups in total. The molecule has 1 saturated heterocycles. The van der Waals surface area contributed by atoms with Gasteiger partial charge in [-0.15, -0.1) is 0 Å².